The molecule has 134 valence electrons. The topological polar surface area (TPSA) is 50.1 Å². The molecule has 0 bridgehead atoms. The molecule has 0 saturated carbocycles. The standard InChI is InChI=1S/C19H20N4O2S/c1-25-17-5-3-2-4-16(17)21-8-10-22(11-9-21)18(24)7-6-15-14-20-19-23(15)12-13-26-19/h2-7,12-14H,8-11H2,1H3/b7-6+. The molecule has 0 atom stereocenters. The average Bonchev–Trinajstić information content (AvgIpc) is 3.30. The van der Waals surface area contributed by atoms with Crippen LogP contribution in [0.15, 0.2) is 48.1 Å². The van der Waals surface area contributed by atoms with Crippen LogP contribution >= 0.6 is 11.3 Å². The maximum atomic E-state index is 12.5. The lowest BCUT2D eigenvalue weighted by atomic mass is 10.2. The van der Waals surface area contributed by atoms with Crippen molar-refractivity contribution >= 4 is 34.0 Å². The molecule has 1 aromatic carbocycles. The monoisotopic (exact) mass is 368 g/mol. The third-order valence-electron chi connectivity index (χ3n) is 4.59. The van der Waals surface area contributed by atoms with Crippen LogP contribution in [0, 0.1) is 0 Å². The van der Waals surface area contributed by atoms with Crippen LogP contribution in [0.3, 0.4) is 0 Å². The molecule has 26 heavy (non-hydrogen) atoms. The van der Waals surface area contributed by atoms with Crippen LogP contribution in [-0.2, 0) is 4.79 Å². The molecule has 0 aliphatic carbocycles. The molecule has 4 rings (SSSR count). The van der Waals surface area contributed by atoms with Crippen molar-refractivity contribution in [3.63, 3.8) is 0 Å². The number of fused-ring (bicyclic) bond motifs is 1. The first kappa shape index (κ1) is 16.7. The highest BCUT2D eigenvalue weighted by molar-refractivity contribution is 7.15. The first-order chi connectivity index (χ1) is 12.8. The van der Waals surface area contributed by atoms with Crippen molar-refractivity contribution in [2.24, 2.45) is 0 Å². The molecule has 6 nitrogen and oxygen atoms in total. The number of thiazole rings is 1. The van der Waals surface area contributed by atoms with E-state index in [1.54, 1.807) is 30.7 Å². The maximum Gasteiger partial charge on any atom is 0.246 e. The summed E-state index contributed by atoms with van der Waals surface area (Å²) in [6.07, 6.45) is 7.22. The van der Waals surface area contributed by atoms with Crippen LogP contribution in [0.25, 0.3) is 11.0 Å². The van der Waals surface area contributed by atoms with Gasteiger partial charge < -0.3 is 14.5 Å². The number of hydrogen-bond donors (Lipinski definition) is 0. The minimum atomic E-state index is 0.0369. The number of amides is 1. The van der Waals surface area contributed by atoms with Gasteiger partial charge in [0.25, 0.3) is 0 Å². The van der Waals surface area contributed by atoms with Gasteiger partial charge in [0.1, 0.15) is 5.75 Å². The second-order valence-corrected chi connectivity index (χ2v) is 6.93. The van der Waals surface area contributed by atoms with E-state index in [2.05, 4.69) is 16.0 Å². The highest BCUT2D eigenvalue weighted by atomic mass is 32.1. The molecule has 1 aliphatic rings. The van der Waals surface area contributed by atoms with Gasteiger partial charge in [0, 0.05) is 43.8 Å². The summed E-state index contributed by atoms with van der Waals surface area (Å²) >= 11 is 1.58. The number of piperazine rings is 1. The largest absolute Gasteiger partial charge is 0.495 e. The van der Waals surface area contributed by atoms with Crippen LogP contribution in [0.5, 0.6) is 5.75 Å². The van der Waals surface area contributed by atoms with Crippen LogP contribution in [-0.4, -0.2) is 53.5 Å². The van der Waals surface area contributed by atoms with Crippen molar-refractivity contribution in [2.45, 2.75) is 0 Å². The second-order valence-electron chi connectivity index (χ2n) is 6.06. The van der Waals surface area contributed by atoms with E-state index < -0.39 is 0 Å². The van der Waals surface area contributed by atoms with E-state index in [1.807, 2.05) is 45.2 Å². The lowest BCUT2D eigenvalue weighted by molar-refractivity contribution is -0.126. The fourth-order valence-electron chi connectivity index (χ4n) is 3.19. The molecule has 7 heteroatoms. The van der Waals surface area contributed by atoms with Crippen molar-refractivity contribution in [3.05, 3.63) is 53.8 Å². The number of carbonyl (C=O) groups excluding carboxylic acids is 1. The van der Waals surface area contributed by atoms with Gasteiger partial charge in [-0.15, -0.1) is 11.3 Å². The smallest absolute Gasteiger partial charge is 0.246 e. The van der Waals surface area contributed by atoms with Crippen LogP contribution in [0.2, 0.25) is 0 Å². The average molecular weight is 368 g/mol. The predicted molar refractivity (Wildman–Crippen MR) is 104 cm³/mol. The van der Waals surface area contributed by atoms with Crippen molar-refractivity contribution in [2.75, 3.05) is 38.2 Å². The van der Waals surface area contributed by atoms with Gasteiger partial charge >= 0.3 is 0 Å². The van der Waals surface area contributed by atoms with E-state index in [9.17, 15) is 4.79 Å². The Bertz CT molecular complexity index is 938. The first-order valence-corrected chi connectivity index (χ1v) is 9.40. The molecule has 1 saturated heterocycles. The molecule has 2 aromatic heterocycles. The molecule has 0 unspecified atom stereocenters. The zero-order valence-corrected chi connectivity index (χ0v) is 15.4. The Hall–Kier alpha value is -2.80. The third kappa shape index (κ3) is 3.17. The minimum absolute atomic E-state index is 0.0369. The van der Waals surface area contributed by atoms with Crippen molar-refractivity contribution < 1.29 is 9.53 Å². The zero-order chi connectivity index (χ0) is 17.9. The van der Waals surface area contributed by atoms with Crippen LogP contribution < -0.4 is 9.64 Å². The number of carbonyl (C=O) groups is 1. The Balaban J connectivity index is 1.39. The molecule has 1 aliphatic heterocycles. The molecule has 0 spiro atoms. The second kappa shape index (κ2) is 7.21. The van der Waals surface area contributed by atoms with Gasteiger partial charge in [0.05, 0.1) is 24.7 Å². The van der Waals surface area contributed by atoms with E-state index >= 15 is 0 Å². The number of para-hydroxylation sites is 2. The number of aromatic nitrogens is 2. The lowest BCUT2D eigenvalue weighted by Gasteiger charge is -2.36. The van der Waals surface area contributed by atoms with Crippen molar-refractivity contribution in [1.29, 1.82) is 0 Å². The Kier molecular flexibility index (Phi) is 4.62. The maximum absolute atomic E-state index is 12.5. The number of rotatable bonds is 4. The summed E-state index contributed by atoms with van der Waals surface area (Å²) in [4.78, 5) is 21.9. The first-order valence-electron chi connectivity index (χ1n) is 8.52. The van der Waals surface area contributed by atoms with Crippen LogP contribution in [0.1, 0.15) is 5.69 Å². The van der Waals surface area contributed by atoms with Gasteiger partial charge in [-0.2, -0.15) is 0 Å². The Morgan fingerprint density at radius 3 is 2.85 bits per heavy atom. The molecular weight excluding hydrogens is 348 g/mol. The number of hydrogen-bond acceptors (Lipinski definition) is 5. The fourth-order valence-corrected chi connectivity index (χ4v) is 3.89. The normalized spacial score (nSPS) is 15.1. The minimum Gasteiger partial charge on any atom is -0.495 e. The van der Waals surface area contributed by atoms with Gasteiger partial charge in [0.15, 0.2) is 4.96 Å². The predicted octanol–water partition coefficient (Wildman–Crippen LogP) is 2.77. The van der Waals surface area contributed by atoms with Crippen LogP contribution in [0.4, 0.5) is 5.69 Å². The number of nitrogens with zero attached hydrogens (tertiary/aromatic N) is 4. The van der Waals surface area contributed by atoms with E-state index in [0.717, 1.165) is 35.2 Å². The van der Waals surface area contributed by atoms with E-state index in [4.69, 9.17) is 4.74 Å². The van der Waals surface area contributed by atoms with E-state index in [-0.39, 0.29) is 5.91 Å². The molecule has 1 amide bonds. The molecule has 1 fully saturated rings. The van der Waals surface area contributed by atoms with E-state index in [1.165, 1.54) is 0 Å². The molecular formula is C19H20N4O2S. The zero-order valence-electron chi connectivity index (χ0n) is 14.5. The summed E-state index contributed by atoms with van der Waals surface area (Å²) in [6.45, 7) is 2.98. The summed E-state index contributed by atoms with van der Waals surface area (Å²) in [7, 11) is 1.68. The molecule has 0 N–H and O–H groups in total. The van der Waals surface area contributed by atoms with Gasteiger partial charge in [-0.3, -0.25) is 9.20 Å². The highest BCUT2D eigenvalue weighted by Gasteiger charge is 2.21. The van der Waals surface area contributed by atoms with Crippen molar-refractivity contribution in [3.8, 4) is 5.75 Å². The summed E-state index contributed by atoms with van der Waals surface area (Å²) < 4.78 is 7.42. The Morgan fingerprint density at radius 2 is 2.04 bits per heavy atom. The summed E-state index contributed by atoms with van der Waals surface area (Å²) in [6, 6.07) is 8.00. The molecule has 3 aromatic rings. The third-order valence-corrected chi connectivity index (χ3v) is 5.36. The van der Waals surface area contributed by atoms with Gasteiger partial charge in [0.2, 0.25) is 5.91 Å². The quantitative estimate of drug-likeness (QED) is 0.665. The highest BCUT2D eigenvalue weighted by Crippen LogP contribution is 2.28. The van der Waals surface area contributed by atoms with Gasteiger partial charge in [-0.05, 0) is 18.2 Å². The SMILES string of the molecule is COc1ccccc1N1CCN(C(=O)/C=C/c2cnc3sccn23)CC1. The Labute approximate surface area is 155 Å². The van der Waals surface area contributed by atoms with Gasteiger partial charge in [-0.1, -0.05) is 12.1 Å². The summed E-state index contributed by atoms with van der Waals surface area (Å²) in [5.41, 5.74) is 2.00. The number of ether oxygens (including phenoxy) is 1. The number of benzene rings is 1. The molecule has 0 radical (unpaired) electrons. The van der Waals surface area contributed by atoms with Gasteiger partial charge in [-0.25, -0.2) is 4.98 Å². The molecule has 3 heterocycles. The summed E-state index contributed by atoms with van der Waals surface area (Å²) in [5.74, 6) is 0.905. The lowest BCUT2D eigenvalue weighted by Crippen LogP contribution is -2.48. The van der Waals surface area contributed by atoms with E-state index in [0.29, 0.717) is 13.1 Å². The summed E-state index contributed by atoms with van der Waals surface area (Å²) in [5, 5.41) is 1.98. The number of anilines is 1. The Morgan fingerprint density at radius 1 is 1.23 bits per heavy atom. The fraction of sp³-hybridized carbons (Fsp3) is 0.263. The van der Waals surface area contributed by atoms with Crippen molar-refractivity contribution in [1.82, 2.24) is 14.3 Å². The number of imidazole rings is 1. The number of methoxy groups -OCH3 is 1.